The molecule has 1 heterocycles. The van der Waals surface area contributed by atoms with E-state index in [9.17, 15) is 19.1 Å². The summed E-state index contributed by atoms with van der Waals surface area (Å²) in [5.41, 5.74) is 0.876. The van der Waals surface area contributed by atoms with Gasteiger partial charge in [0, 0.05) is 28.5 Å². The molecule has 3 aromatic rings. The summed E-state index contributed by atoms with van der Waals surface area (Å²) in [5, 5.41) is 11.6. The molecule has 27 heavy (non-hydrogen) atoms. The van der Waals surface area contributed by atoms with Crippen LogP contribution in [0.25, 0.3) is 11.0 Å². The van der Waals surface area contributed by atoms with E-state index in [1.807, 2.05) is 0 Å². The number of halogens is 2. The summed E-state index contributed by atoms with van der Waals surface area (Å²) in [6, 6.07) is 9.26. The van der Waals surface area contributed by atoms with Gasteiger partial charge < -0.3 is 19.1 Å². The Morgan fingerprint density at radius 3 is 2.74 bits per heavy atom. The van der Waals surface area contributed by atoms with Gasteiger partial charge in [-0.05, 0) is 49.6 Å². The standard InChI is InChI=1S/C20H16ClFO5/c1-11-13-6-5-12(26-10-15-16(21)3-2-4-17(15)22)9-18(13)27-20(25)14(11)7-8-19(23)24/h2-6,9H,7-8,10H2,1H3,(H,23,24)/p-1. The summed E-state index contributed by atoms with van der Waals surface area (Å²) in [6.07, 6.45) is -0.224. The van der Waals surface area contributed by atoms with E-state index < -0.39 is 17.4 Å². The molecule has 0 atom stereocenters. The minimum Gasteiger partial charge on any atom is -0.550 e. The lowest BCUT2D eigenvalue weighted by Crippen LogP contribution is -2.24. The SMILES string of the molecule is Cc1c(CCC(=O)[O-])c(=O)oc2cc(OCc3c(F)cccc3Cl)ccc12. The van der Waals surface area contributed by atoms with Gasteiger partial charge in [0.15, 0.2) is 0 Å². The lowest BCUT2D eigenvalue weighted by Gasteiger charge is -2.11. The maximum atomic E-state index is 13.8. The lowest BCUT2D eigenvalue weighted by molar-refractivity contribution is -0.305. The fourth-order valence-corrected chi connectivity index (χ4v) is 3.02. The van der Waals surface area contributed by atoms with Gasteiger partial charge in [-0.2, -0.15) is 0 Å². The molecule has 0 aliphatic rings. The zero-order valence-corrected chi connectivity index (χ0v) is 15.1. The number of carbonyl (C=O) groups excluding carboxylic acids is 1. The van der Waals surface area contributed by atoms with Crippen LogP contribution in [-0.4, -0.2) is 5.97 Å². The first-order valence-electron chi connectivity index (χ1n) is 8.18. The number of fused-ring (bicyclic) bond motifs is 1. The molecule has 7 heteroatoms. The highest BCUT2D eigenvalue weighted by Gasteiger charge is 2.13. The zero-order chi connectivity index (χ0) is 19.6. The van der Waals surface area contributed by atoms with Gasteiger partial charge in [-0.25, -0.2) is 9.18 Å². The summed E-state index contributed by atoms with van der Waals surface area (Å²) < 4.78 is 24.7. The summed E-state index contributed by atoms with van der Waals surface area (Å²) >= 11 is 5.98. The number of aryl methyl sites for hydroxylation is 1. The third kappa shape index (κ3) is 4.11. The van der Waals surface area contributed by atoms with E-state index >= 15 is 0 Å². The molecular weight excluding hydrogens is 375 g/mol. The molecule has 0 bridgehead atoms. The van der Waals surface area contributed by atoms with Crippen LogP contribution in [0, 0.1) is 12.7 Å². The first kappa shape index (κ1) is 18.9. The Labute approximate surface area is 158 Å². The second-order valence-corrected chi connectivity index (χ2v) is 6.42. The Morgan fingerprint density at radius 1 is 1.26 bits per heavy atom. The average Bonchev–Trinajstić information content (AvgIpc) is 2.60. The second kappa shape index (κ2) is 7.80. The van der Waals surface area contributed by atoms with Gasteiger partial charge >= 0.3 is 5.63 Å². The summed E-state index contributed by atoms with van der Waals surface area (Å²) in [4.78, 5) is 22.8. The highest BCUT2D eigenvalue weighted by Crippen LogP contribution is 2.26. The number of carboxylic acids is 1. The Kier molecular flexibility index (Phi) is 5.46. The van der Waals surface area contributed by atoms with Crippen LogP contribution in [0.1, 0.15) is 23.1 Å². The Bertz CT molecular complexity index is 1050. The summed E-state index contributed by atoms with van der Waals surface area (Å²) in [6.45, 7) is 1.65. The molecule has 0 aliphatic heterocycles. The van der Waals surface area contributed by atoms with E-state index in [4.69, 9.17) is 20.8 Å². The van der Waals surface area contributed by atoms with Crippen molar-refractivity contribution in [3.05, 3.63) is 74.3 Å². The molecule has 140 valence electrons. The molecule has 0 spiro atoms. The van der Waals surface area contributed by atoms with Crippen LogP contribution in [0.2, 0.25) is 5.02 Å². The molecule has 1 aromatic heterocycles. The van der Waals surface area contributed by atoms with Gasteiger partial charge in [-0.15, -0.1) is 0 Å². The topological polar surface area (TPSA) is 79.6 Å². The van der Waals surface area contributed by atoms with Crippen LogP contribution in [-0.2, 0) is 17.8 Å². The molecule has 0 saturated carbocycles. The molecule has 0 aliphatic carbocycles. The van der Waals surface area contributed by atoms with Crippen LogP contribution < -0.4 is 15.5 Å². The van der Waals surface area contributed by atoms with E-state index in [1.54, 1.807) is 25.1 Å². The minimum absolute atomic E-state index is 0.0382. The monoisotopic (exact) mass is 389 g/mol. The van der Waals surface area contributed by atoms with Crippen LogP contribution in [0.3, 0.4) is 0 Å². The van der Waals surface area contributed by atoms with Crippen molar-refractivity contribution in [2.75, 3.05) is 0 Å². The number of carbonyl (C=O) groups is 1. The van der Waals surface area contributed by atoms with Gasteiger partial charge in [0.25, 0.3) is 0 Å². The van der Waals surface area contributed by atoms with E-state index in [2.05, 4.69) is 0 Å². The first-order valence-corrected chi connectivity index (χ1v) is 8.56. The van der Waals surface area contributed by atoms with Crippen molar-refractivity contribution in [2.24, 2.45) is 0 Å². The number of carboxylic acid groups (broad SMARTS) is 1. The molecule has 0 saturated heterocycles. The van der Waals surface area contributed by atoms with Crippen molar-refractivity contribution in [3.8, 4) is 5.75 Å². The van der Waals surface area contributed by atoms with E-state index in [0.717, 1.165) is 0 Å². The van der Waals surface area contributed by atoms with Gasteiger partial charge in [-0.1, -0.05) is 17.7 Å². The Morgan fingerprint density at radius 2 is 2.04 bits per heavy atom. The van der Waals surface area contributed by atoms with Crippen LogP contribution >= 0.6 is 11.6 Å². The van der Waals surface area contributed by atoms with Gasteiger partial charge in [0.1, 0.15) is 23.8 Å². The predicted molar refractivity (Wildman–Crippen MR) is 96.3 cm³/mol. The van der Waals surface area contributed by atoms with Gasteiger partial charge in [0.05, 0.1) is 5.02 Å². The van der Waals surface area contributed by atoms with E-state index in [-0.39, 0.29) is 30.0 Å². The highest BCUT2D eigenvalue weighted by atomic mass is 35.5. The fourth-order valence-electron chi connectivity index (χ4n) is 2.81. The summed E-state index contributed by atoms with van der Waals surface area (Å²) in [5.74, 6) is -1.32. The number of aliphatic carboxylic acids is 1. The molecule has 3 rings (SSSR count). The van der Waals surface area contributed by atoms with Crippen molar-refractivity contribution in [3.63, 3.8) is 0 Å². The molecule has 0 amide bonds. The second-order valence-electron chi connectivity index (χ2n) is 6.01. The quantitative estimate of drug-likeness (QED) is 0.605. The Balaban J connectivity index is 1.88. The van der Waals surface area contributed by atoms with Crippen LogP contribution in [0.5, 0.6) is 5.75 Å². The number of hydrogen-bond donors (Lipinski definition) is 0. The van der Waals surface area contributed by atoms with Crippen molar-refractivity contribution in [1.29, 1.82) is 0 Å². The van der Waals surface area contributed by atoms with Crippen molar-refractivity contribution in [2.45, 2.75) is 26.4 Å². The van der Waals surface area contributed by atoms with Gasteiger partial charge in [0.2, 0.25) is 0 Å². The highest BCUT2D eigenvalue weighted by molar-refractivity contribution is 6.31. The van der Waals surface area contributed by atoms with E-state index in [0.29, 0.717) is 27.8 Å². The summed E-state index contributed by atoms with van der Waals surface area (Å²) in [7, 11) is 0. The molecule has 0 radical (unpaired) electrons. The number of ether oxygens (including phenoxy) is 1. The largest absolute Gasteiger partial charge is 0.550 e. The van der Waals surface area contributed by atoms with Crippen LogP contribution in [0.15, 0.2) is 45.6 Å². The molecule has 5 nitrogen and oxygen atoms in total. The molecule has 0 unspecified atom stereocenters. The smallest absolute Gasteiger partial charge is 0.339 e. The van der Waals surface area contributed by atoms with Crippen LogP contribution in [0.4, 0.5) is 4.39 Å². The zero-order valence-electron chi connectivity index (χ0n) is 14.4. The fraction of sp³-hybridized carbons (Fsp3) is 0.200. The normalized spacial score (nSPS) is 10.9. The minimum atomic E-state index is -1.23. The molecular formula is C20H15ClFO5-. The average molecular weight is 390 g/mol. The number of rotatable bonds is 6. The van der Waals surface area contributed by atoms with Crippen molar-refractivity contribution < 1.29 is 23.4 Å². The number of hydrogen-bond acceptors (Lipinski definition) is 5. The van der Waals surface area contributed by atoms with Crippen molar-refractivity contribution in [1.82, 2.24) is 0 Å². The first-order chi connectivity index (χ1) is 12.9. The molecule has 2 aromatic carbocycles. The molecule has 0 N–H and O–H groups in total. The van der Waals surface area contributed by atoms with Gasteiger partial charge in [-0.3, -0.25) is 0 Å². The maximum absolute atomic E-state index is 13.8. The third-order valence-corrected chi connectivity index (χ3v) is 4.64. The van der Waals surface area contributed by atoms with Crippen molar-refractivity contribution >= 4 is 28.5 Å². The maximum Gasteiger partial charge on any atom is 0.339 e. The Hall–Kier alpha value is -2.86. The third-order valence-electron chi connectivity index (χ3n) is 4.28. The lowest BCUT2D eigenvalue weighted by atomic mass is 10.0. The molecule has 0 fully saturated rings. The number of benzene rings is 2. The predicted octanol–water partition coefficient (Wildman–Crippen LogP) is 3.16. The van der Waals surface area contributed by atoms with E-state index in [1.165, 1.54) is 18.2 Å².